The first-order chi connectivity index (χ1) is 8.63. The Kier molecular flexibility index (Phi) is 4.07. The number of aromatic amines is 1. The molecular formula is C16H24N2. The predicted octanol–water partition coefficient (Wildman–Crippen LogP) is 3.75. The van der Waals surface area contributed by atoms with E-state index in [1.165, 1.54) is 27.7 Å². The number of benzene rings is 1. The summed E-state index contributed by atoms with van der Waals surface area (Å²) in [5.74, 6) is 0.589. The lowest BCUT2D eigenvalue weighted by Gasteiger charge is -2.07. The van der Waals surface area contributed by atoms with Crippen LogP contribution in [0.5, 0.6) is 0 Å². The van der Waals surface area contributed by atoms with E-state index in [0.717, 1.165) is 19.5 Å². The predicted molar refractivity (Wildman–Crippen MR) is 79.4 cm³/mol. The molecule has 0 fully saturated rings. The summed E-state index contributed by atoms with van der Waals surface area (Å²) in [7, 11) is 0. The van der Waals surface area contributed by atoms with Crippen LogP contribution in [0.3, 0.4) is 0 Å². The molecule has 0 radical (unpaired) electrons. The molecule has 0 bridgehead atoms. The van der Waals surface area contributed by atoms with Crippen LogP contribution in [0, 0.1) is 6.92 Å². The lowest BCUT2D eigenvalue weighted by Crippen LogP contribution is -2.16. The average molecular weight is 244 g/mol. The van der Waals surface area contributed by atoms with Gasteiger partial charge in [-0.05, 0) is 55.6 Å². The molecule has 2 heteroatoms. The van der Waals surface area contributed by atoms with Crippen LogP contribution in [0.1, 0.15) is 43.5 Å². The molecular weight excluding hydrogens is 220 g/mol. The monoisotopic (exact) mass is 244 g/mol. The first-order valence-electron chi connectivity index (χ1n) is 6.95. The van der Waals surface area contributed by atoms with E-state index in [1.807, 2.05) is 0 Å². The summed E-state index contributed by atoms with van der Waals surface area (Å²) in [6, 6.07) is 6.80. The molecule has 18 heavy (non-hydrogen) atoms. The molecule has 1 aromatic carbocycles. The first-order valence-corrected chi connectivity index (χ1v) is 6.95. The largest absolute Gasteiger partial charge is 0.358 e. The minimum atomic E-state index is 0.589. The van der Waals surface area contributed by atoms with Crippen LogP contribution in [0.15, 0.2) is 18.2 Å². The van der Waals surface area contributed by atoms with E-state index in [4.69, 9.17) is 0 Å². The highest BCUT2D eigenvalue weighted by molar-refractivity contribution is 5.85. The van der Waals surface area contributed by atoms with Gasteiger partial charge in [0.1, 0.15) is 0 Å². The summed E-state index contributed by atoms with van der Waals surface area (Å²) in [6.45, 7) is 10.9. The molecule has 0 aliphatic heterocycles. The third-order valence-electron chi connectivity index (χ3n) is 3.61. The number of aryl methyl sites for hydroxylation is 1. The second-order valence-electron chi connectivity index (χ2n) is 5.29. The maximum atomic E-state index is 3.49. The maximum absolute atomic E-state index is 3.49. The molecule has 2 nitrogen and oxygen atoms in total. The number of H-pyrrole nitrogens is 1. The highest BCUT2D eigenvalue weighted by atomic mass is 14.8. The van der Waals surface area contributed by atoms with Gasteiger partial charge in [-0.2, -0.15) is 0 Å². The van der Waals surface area contributed by atoms with E-state index in [1.54, 1.807) is 0 Å². The van der Waals surface area contributed by atoms with Crippen molar-refractivity contribution in [2.45, 2.75) is 40.0 Å². The average Bonchev–Trinajstić information content (AvgIpc) is 2.65. The topological polar surface area (TPSA) is 27.8 Å². The van der Waals surface area contributed by atoms with Gasteiger partial charge in [-0.15, -0.1) is 0 Å². The molecule has 0 aliphatic carbocycles. The van der Waals surface area contributed by atoms with E-state index in [-0.39, 0.29) is 0 Å². The number of rotatable bonds is 5. The molecule has 0 amide bonds. The minimum Gasteiger partial charge on any atom is -0.358 e. The summed E-state index contributed by atoms with van der Waals surface area (Å²) in [6.07, 6.45) is 1.10. The zero-order valence-electron chi connectivity index (χ0n) is 11.9. The van der Waals surface area contributed by atoms with Crippen molar-refractivity contribution >= 4 is 10.9 Å². The summed E-state index contributed by atoms with van der Waals surface area (Å²) in [4.78, 5) is 3.49. The van der Waals surface area contributed by atoms with Gasteiger partial charge in [0.25, 0.3) is 0 Å². The van der Waals surface area contributed by atoms with Crippen LogP contribution in [-0.2, 0) is 6.42 Å². The quantitative estimate of drug-likeness (QED) is 0.770. The number of aromatic nitrogens is 1. The Balaban J connectivity index is 2.37. The molecule has 0 unspecified atom stereocenters. The van der Waals surface area contributed by atoms with Crippen LogP contribution < -0.4 is 5.32 Å². The van der Waals surface area contributed by atoms with E-state index in [2.05, 4.69) is 56.2 Å². The van der Waals surface area contributed by atoms with Gasteiger partial charge >= 0.3 is 0 Å². The van der Waals surface area contributed by atoms with Crippen molar-refractivity contribution in [1.82, 2.24) is 10.3 Å². The number of hydrogen-bond acceptors (Lipinski definition) is 1. The Morgan fingerprint density at radius 3 is 2.72 bits per heavy atom. The van der Waals surface area contributed by atoms with Gasteiger partial charge in [0, 0.05) is 16.6 Å². The second-order valence-corrected chi connectivity index (χ2v) is 5.29. The van der Waals surface area contributed by atoms with Crippen LogP contribution in [0.4, 0.5) is 0 Å². The van der Waals surface area contributed by atoms with Crippen LogP contribution in [-0.4, -0.2) is 18.1 Å². The highest BCUT2D eigenvalue weighted by Gasteiger charge is 2.09. The van der Waals surface area contributed by atoms with Gasteiger partial charge in [0.15, 0.2) is 0 Å². The smallest absolute Gasteiger partial charge is 0.0459 e. The van der Waals surface area contributed by atoms with Gasteiger partial charge in [-0.25, -0.2) is 0 Å². The summed E-state index contributed by atoms with van der Waals surface area (Å²) in [5, 5.41) is 4.80. The SMILES string of the molecule is CCNCCc1c(C)[nH]c2ccc(C(C)C)cc12. The molecule has 1 heterocycles. The van der Waals surface area contributed by atoms with Gasteiger partial charge in [0.05, 0.1) is 0 Å². The normalized spacial score (nSPS) is 11.6. The Morgan fingerprint density at radius 1 is 1.28 bits per heavy atom. The molecule has 98 valence electrons. The Bertz CT molecular complexity index is 523. The van der Waals surface area contributed by atoms with Crippen LogP contribution in [0.2, 0.25) is 0 Å². The lowest BCUT2D eigenvalue weighted by molar-refractivity contribution is 0.716. The van der Waals surface area contributed by atoms with E-state index in [0.29, 0.717) is 5.92 Å². The molecule has 0 saturated carbocycles. The summed E-state index contributed by atoms with van der Waals surface area (Å²) < 4.78 is 0. The Morgan fingerprint density at radius 2 is 2.06 bits per heavy atom. The van der Waals surface area contributed by atoms with E-state index < -0.39 is 0 Å². The van der Waals surface area contributed by atoms with Crippen LogP contribution >= 0.6 is 0 Å². The van der Waals surface area contributed by atoms with Crippen molar-refractivity contribution in [1.29, 1.82) is 0 Å². The number of likely N-dealkylation sites (N-methyl/N-ethyl adjacent to an activating group) is 1. The highest BCUT2D eigenvalue weighted by Crippen LogP contribution is 2.26. The van der Waals surface area contributed by atoms with Crippen molar-refractivity contribution in [3.05, 3.63) is 35.0 Å². The fourth-order valence-electron chi connectivity index (χ4n) is 2.47. The third-order valence-corrected chi connectivity index (χ3v) is 3.61. The van der Waals surface area contributed by atoms with E-state index in [9.17, 15) is 0 Å². The van der Waals surface area contributed by atoms with Gasteiger partial charge < -0.3 is 10.3 Å². The van der Waals surface area contributed by atoms with Crippen molar-refractivity contribution in [2.24, 2.45) is 0 Å². The molecule has 0 saturated heterocycles. The summed E-state index contributed by atoms with van der Waals surface area (Å²) in [5.41, 5.74) is 5.46. The first kappa shape index (κ1) is 13.2. The zero-order valence-corrected chi connectivity index (χ0v) is 11.9. The maximum Gasteiger partial charge on any atom is 0.0459 e. The Hall–Kier alpha value is -1.28. The lowest BCUT2D eigenvalue weighted by atomic mass is 9.99. The molecule has 1 aromatic heterocycles. The van der Waals surface area contributed by atoms with Gasteiger partial charge in [-0.3, -0.25) is 0 Å². The van der Waals surface area contributed by atoms with E-state index >= 15 is 0 Å². The molecule has 0 spiro atoms. The minimum absolute atomic E-state index is 0.589. The number of hydrogen-bond donors (Lipinski definition) is 2. The molecule has 0 atom stereocenters. The van der Waals surface area contributed by atoms with Gasteiger partial charge in [-0.1, -0.05) is 26.8 Å². The van der Waals surface area contributed by atoms with Crippen molar-refractivity contribution in [3.63, 3.8) is 0 Å². The summed E-state index contributed by atoms with van der Waals surface area (Å²) >= 11 is 0. The van der Waals surface area contributed by atoms with Crippen molar-refractivity contribution < 1.29 is 0 Å². The van der Waals surface area contributed by atoms with Gasteiger partial charge in [0.2, 0.25) is 0 Å². The Labute approximate surface area is 110 Å². The molecule has 2 N–H and O–H groups in total. The van der Waals surface area contributed by atoms with Crippen molar-refractivity contribution in [2.75, 3.05) is 13.1 Å². The number of nitrogens with one attached hydrogen (secondary N) is 2. The third kappa shape index (κ3) is 2.59. The number of fused-ring (bicyclic) bond motifs is 1. The van der Waals surface area contributed by atoms with Crippen LogP contribution in [0.25, 0.3) is 10.9 Å². The molecule has 2 rings (SSSR count). The second kappa shape index (κ2) is 5.57. The fourth-order valence-corrected chi connectivity index (χ4v) is 2.47. The molecule has 0 aliphatic rings. The fraction of sp³-hybridized carbons (Fsp3) is 0.500. The molecule has 2 aromatic rings. The van der Waals surface area contributed by atoms with Crippen molar-refractivity contribution in [3.8, 4) is 0 Å². The zero-order chi connectivity index (χ0) is 13.1. The standard InChI is InChI=1S/C16H24N2/c1-5-17-9-8-14-12(4)18-16-7-6-13(11(2)3)10-15(14)16/h6-7,10-11,17-18H,5,8-9H2,1-4H3.